The number of halogens is 1. The Morgan fingerprint density at radius 1 is 0.952 bits per heavy atom. The van der Waals surface area contributed by atoms with Gasteiger partial charge >= 0.3 is 0 Å². The van der Waals surface area contributed by atoms with Crippen LogP contribution in [-0.2, 0) is 12.8 Å². The van der Waals surface area contributed by atoms with E-state index < -0.39 is 0 Å². The molecule has 1 unspecified atom stereocenters. The van der Waals surface area contributed by atoms with Gasteiger partial charge in [0.05, 0.1) is 0 Å². The third-order valence-corrected chi connectivity index (χ3v) is 5.51. The van der Waals surface area contributed by atoms with Crippen LogP contribution in [0.25, 0.3) is 10.8 Å². The van der Waals surface area contributed by atoms with Gasteiger partial charge in [-0.2, -0.15) is 0 Å². The van der Waals surface area contributed by atoms with Crippen LogP contribution in [0.2, 0.25) is 0 Å². The standard InChI is InChI=1S/C19H19BrS/c20-18(7-3-8-19-9-4-12-21-19)14-15-10-11-16-5-1-2-6-17(16)13-15/h1-2,4-6,9-13,18H,3,7-8,14H2. The predicted octanol–water partition coefficient (Wildman–Crippen LogP) is 6.23. The second-order valence-corrected chi connectivity index (χ2v) is 7.78. The van der Waals surface area contributed by atoms with Crippen LogP contribution in [0.3, 0.4) is 0 Å². The van der Waals surface area contributed by atoms with E-state index in [9.17, 15) is 0 Å². The first-order valence-corrected chi connectivity index (χ1v) is 9.25. The Morgan fingerprint density at radius 3 is 2.62 bits per heavy atom. The zero-order valence-corrected chi connectivity index (χ0v) is 14.4. The minimum absolute atomic E-state index is 0.568. The lowest BCUT2D eigenvalue weighted by Gasteiger charge is -2.10. The number of benzene rings is 2. The molecule has 21 heavy (non-hydrogen) atoms. The highest BCUT2D eigenvalue weighted by Crippen LogP contribution is 2.21. The van der Waals surface area contributed by atoms with Crippen molar-refractivity contribution in [3.8, 4) is 0 Å². The predicted molar refractivity (Wildman–Crippen MR) is 97.6 cm³/mol. The van der Waals surface area contributed by atoms with Crippen molar-refractivity contribution in [2.45, 2.75) is 30.5 Å². The molecule has 3 aromatic rings. The lowest BCUT2D eigenvalue weighted by molar-refractivity contribution is 0.705. The number of fused-ring (bicyclic) bond motifs is 1. The first-order valence-electron chi connectivity index (χ1n) is 7.45. The molecule has 3 rings (SSSR count). The van der Waals surface area contributed by atoms with Gasteiger partial charge in [-0.15, -0.1) is 11.3 Å². The monoisotopic (exact) mass is 358 g/mol. The van der Waals surface area contributed by atoms with Crippen LogP contribution >= 0.6 is 27.3 Å². The highest BCUT2D eigenvalue weighted by Gasteiger charge is 2.06. The molecule has 0 amide bonds. The molecule has 0 aliphatic carbocycles. The van der Waals surface area contributed by atoms with Crippen molar-refractivity contribution in [2.24, 2.45) is 0 Å². The molecule has 0 radical (unpaired) electrons. The maximum absolute atomic E-state index is 3.85. The Labute approximate surface area is 139 Å². The molecule has 0 saturated heterocycles. The molecule has 0 nitrogen and oxygen atoms in total. The molecule has 0 fully saturated rings. The van der Waals surface area contributed by atoms with Gasteiger partial charge in [0.1, 0.15) is 0 Å². The van der Waals surface area contributed by atoms with Gasteiger partial charge in [0, 0.05) is 9.70 Å². The maximum atomic E-state index is 3.85. The van der Waals surface area contributed by atoms with E-state index in [1.807, 2.05) is 11.3 Å². The average Bonchev–Trinajstić information content (AvgIpc) is 3.00. The first kappa shape index (κ1) is 14.8. The molecular formula is C19H19BrS. The molecule has 1 atom stereocenters. The summed E-state index contributed by atoms with van der Waals surface area (Å²) in [7, 11) is 0. The van der Waals surface area contributed by atoms with E-state index in [-0.39, 0.29) is 0 Å². The summed E-state index contributed by atoms with van der Waals surface area (Å²) in [6, 6.07) is 19.8. The molecular weight excluding hydrogens is 340 g/mol. The van der Waals surface area contributed by atoms with Crippen molar-refractivity contribution in [3.05, 3.63) is 70.4 Å². The summed E-state index contributed by atoms with van der Waals surface area (Å²) >= 11 is 5.71. The summed E-state index contributed by atoms with van der Waals surface area (Å²) in [6.07, 6.45) is 4.79. The van der Waals surface area contributed by atoms with Crippen LogP contribution < -0.4 is 0 Å². The molecule has 0 aliphatic rings. The van der Waals surface area contributed by atoms with Gasteiger partial charge in [0.2, 0.25) is 0 Å². The van der Waals surface area contributed by atoms with E-state index in [2.05, 4.69) is 75.9 Å². The third kappa shape index (κ3) is 4.18. The Morgan fingerprint density at radius 2 is 1.81 bits per heavy atom. The van der Waals surface area contributed by atoms with Crippen molar-refractivity contribution in [1.82, 2.24) is 0 Å². The number of thiophene rings is 1. The van der Waals surface area contributed by atoms with Crippen molar-refractivity contribution < 1.29 is 0 Å². The maximum Gasteiger partial charge on any atom is 0.0186 e. The van der Waals surface area contributed by atoms with E-state index in [4.69, 9.17) is 0 Å². The van der Waals surface area contributed by atoms with E-state index in [0.29, 0.717) is 4.83 Å². The van der Waals surface area contributed by atoms with Crippen LogP contribution in [-0.4, -0.2) is 4.83 Å². The number of aryl methyl sites for hydroxylation is 1. The van der Waals surface area contributed by atoms with Crippen LogP contribution in [0.15, 0.2) is 60.0 Å². The Bertz CT molecular complexity index is 688. The zero-order chi connectivity index (χ0) is 14.5. The van der Waals surface area contributed by atoms with E-state index in [1.165, 1.54) is 40.5 Å². The van der Waals surface area contributed by atoms with Crippen molar-refractivity contribution in [2.75, 3.05) is 0 Å². The van der Waals surface area contributed by atoms with Gasteiger partial charge in [-0.25, -0.2) is 0 Å². The quantitative estimate of drug-likeness (QED) is 0.458. The van der Waals surface area contributed by atoms with Gasteiger partial charge in [0.25, 0.3) is 0 Å². The van der Waals surface area contributed by atoms with Gasteiger partial charge in [0.15, 0.2) is 0 Å². The molecule has 2 heteroatoms. The molecule has 0 bridgehead atoms. The molecule has 1 heterocycles. The smallest absolute Gasteiger partial charge is 0.0186 e. The zero-order valence-electron chi connectivity index (χ0n) is 12.0. The van der Waals surface area contributed by atoms with Crippen LogP contribution in [0.4, 0.5) is 0 Å². The fraction of sp³-hybridized carbons (Fsp3) is 0.263. The highest BCUT2D eigenvalue weighted by molar-refractivity contribution is 9.09. The lowest BCUT2D eigenvalue weighted by atomic mass is 10.0. The average molecular weight is 359 g/mol. The summed E-state index contributed by atoms with van der Waals surface area (Å²) < 4.78 is 0. The second-order valence-electron chi connectivity index (χ2n) is 5.45. The highest BCUT2D eigenvalue weighted by atomic mass is 79.9. The Hall–Kier alpha value is -1.12. The molecule has 1 aromatic heterocycles. The number of alkyl halides is 1. The number of hydrogen-bond acceptors (Lipinski definition) is 1. The molecule has 0 aliphatic heterocycles. The van der Waals surface area contributed by atoms with E-state index >= 15 is 0 Å². The minimum Gasteiger partial charge on any atom is -0.149 e. The molecule has 0 spiro atoms. The van der Waals surface area contributed by atoms with Gasteiger partial charge in [-0.05, 0) is 53.5 Å². The number of rotatable bonds is 6. The first-order chi connectivity index (χ1) is 10.3. The fourth-order valence-electron chi connectivity index (χ4n) is 2.68. The SMILES string of the molecule is BrC(CCCc1cccs1)Cc1ccc2ccccc2c1. The topological polar surface area (TPSA) is 0 Å². The van der Waals surface area contributed by atoms with Crippen LogP contribution in [0.1, 0.15) is 23.3 Å². The largest absolute Gasteiger partial charge is 0.149 e. The van der Waals surface area contributed by atoms with Crippen molar-refractivity contribution in [1.29, 1.82) is 0 Å². The number of hydrogen-bond donors (Lipinski definition) is 0. The summed E-state index contributed by atoms with van der Waals surface area (Å²) in [4.78, 5) is 2.07. The van der Waals surface area contributed by atoms with Crippen molar-refractivity contribution in [3.63, 3.8) is 0 Å². The molecule has 108 valence electrons. The van der Waals surface area contributed by atoms with Crippen LogP contribution in [0, 0.1) is 0 Å². The normalized spacial score (nSPS) is 12.6. The van der Waals surface area contributed by atoms with E-state index in [1.54, 1.807) is 0 Å². The molecule has 0 N–H and O–H groups in total. The van der Waals surface area contributed by atoms with Gasteiger partial charge in [-0.1, -0.05) is 64.5 Å². The Kier molecular flexibility index (Phi) is 5.10. The summed E-state index contributed by atoms with van der Waals surface area (Å²) in [5.74, 6) is 0. The van der Waals surface area contributed by atoms with Gasteiger partial charge in [-0.3, -0.25) is 0 Å². The molecule has 0 saturated carbocycles. The summed E-state index contributed by atoms with van der Waals surface area (Å²) in [5.41, 5.74) is 1.42. The van der Waals surface area contributed by atoms with Crippen LogP contribution in [0.5, 0.6) is 0 Å². The summed E-state index contributed by atoms with van der Waals surface area (Å²) in [6.45, 7) is 0. The molecule has 2 aromatic carbocycles. The fourth-order valence-corrected chi connectivity index (χ4v) is 4.12. The Balaban J connectivity index is 1.54. The minimum atomic E-state index is 0.568. The summed E-state index contributed by atoms with van der Waals surface area (Å²) in [5, 5.41) is 4.83. The second kappa shape index (κ2) is 7.24. The van der Waals surface area contributed by atoms with E-state index in [0.717, 1.165) is 6.42 Å². The lowest BCUT2D eigenvalue weighted by Crippen LogP contribution is -2.03. The van der Waals surface area contributed by atoms with Gasteiger partial charge < -0.3 is 0 Å². The van der Waals surface area contributed by atoms with Crippen molar-refractivity contribution >= 4 is 38.0 Å². The third-order valence-electron chi connectivity index (χ3n) is 3.79.